The molecule has 0 saturated heterocycles. The van der Waals surface area contributed by atoms with Crippen LogP contribution in [0.5, 0.6) is 5.88 Å². The first-order valence-corrected chi connectivity index (χ1v) is 10.8. The summed E-state index contributed by atoms with van der Waals surface area (Å²) < 4.78 is 111. The van der Waals surface area contributed by atoms with Gasteiger partial charge in [0.25, 0.3) is 10.0 Å². The van der Waals surface area contributed by atoms with Crippen molar-refractivity contribution in [3.8, 4) is 5.88 Å². The largest absolute Gasteiger partial charge is 0.512 e. The zero-order chi connectivity index (χ0) is 20.5. The fourth-order valence-electron chi connectivity index (χ4n) is 1.48. The zero-order valence-electron chi connectivity index (χ0n) is 12.7. The Morgan fingerprint density at radius 3 is 2.07 bits per heavy atom. The van der Waals surface area contributed by atoms with Crippen molar-refractivity contribution in [1.82, 2.24) is 14.1 Å². The smallest absolute Gasteiger partial charge is 0.357 e. The second kappa shape index (κ2) is 7.02. The first-order chi connectivity index (χ1) is 12.2. The van der Waals surface area contributed by atoms with Gasteiger partial charge in [0.1, 0.15) is 0 Å². The number of nitrogens with zero attached hydrogens (tertiary/aromatic N) is 2. The summed E-state index contributed by atoms with van der Waals surface area (Å²) >= 11 is 0. The molecule has 1 N–H and O–H groups in total. The van der Waals surface area contributed by atoms with Crippen LogP contribution in [-0.4, -0.2) is 40.7 Å². The van der Waals surface area contributed by atoms with Crippen molar-refractivity contribution in [3.05, 3.63) is 42.6 Å². The highest BCUT2D eigenvalue weighted by atomic mass is 32.3. The van der Waals surface area contributed by atoms with Gasteiger partial charge in [-0.15, -0.1) is 0 Å². The number of hydrogen-bond donors (Lipinski definition) is 1. The van der Waals surface area contributed by atoms with Crippen LogP contribution in [0.15, 0.2) is 52.6 Å². The topological polar surface area (TPSA) is 149 Å². The van der Waals surface area contributed by atoms with Crippen LogP contribution in [0, 0.1) is 0 Å². The van der Waals surface area contributed by atoms with E-state index < -0.39 is 51.6 Å². The molecule has 16 heteroatoms. The van der Waals surface area contributed by atoms with E-state index in [1.807, 2.05) is 0 Å². The SMILES string of the molecule is O=S(=O)(NS(=O)(=O)C(F)(F)F)c1cccc(OS(=O)(=O)c2ccccn2)n1. The average molecular weight is 447 g/mol. The molecule has 2 aromatic rings. The van der Waals surface area contributed by atoms with Crippen LogP contribution >= 0.6 is 0 Å². The second-order valence-electron chi connectivity index (χ2n) is 4.56. The van der Waals surface area contributed by atoms with E-state index in [1.54, 1.807) is 0 Å². The van der Waals surface area contributed by atoms with E-state index in [0.29, 0.717) is 10.2 Å². The Labute approximate surface area is 151 Å². The monoisotopic (exact) mass is 447 g/mol. The molecule has 0 saturated carbocycles. The second-order valence-corrected chi connectivity index (χ2v) is 9.61. The van der Waals surface area contributed by atoms with Gasteiger partial charge in [-0.25, -0.2) is 21.8 Å². The van der Waals surface area contributed by atoms with E-state index in [0.717, 1.165) is 24.4 Å². The van der Waals surface area contributed by atoms with Gasteiger partial charge in [0.05, 0.1) is 0 Å². The molecule has 2 rings (SSSR count). The Bertz CT molecular complexity index is 1150. The number of rotatable bonds is 6. The minimum absolute atomic E-state index is 0.450. The van der Waals surface area contributed by atoms with Crippen LogP contribution < -0.4 is 8.31 Å². The predicted molar refractivity (Wildman–Crippen MR) is 81.6 cm³/mol. The number of aromatic nitrogens is 2. The van der Waals surface area contributed by atoms with E-state index in [-0.39, 0.29) is 0 Å². The standard InChI is InChI=1S/C11H8F3N3O7S3/c12-11(13,14)27(22,23)17-25(18,19)10-6-3-4-8(16-10)24-26(20,21)9-5-1-2-7-15-9/h1-7,17H. The van der Waals surface area contributed by atoms with Gasteiger partial charge in [-0.2, -0.15) is 26.6 Å². The number of nitrogens with one attached hydrogen (secondary N) is 1. The van der Waals surface area contributed by atoms with E-state index in [1.165, 1.54) is 12.1 Å². The van der Waals surface area contributed by atoms with Crippen molar-refractivity contribution in [1.29, 1.82) is 0 Å². The molecule has 0 aliphatic heterocycles. The molecule has 148 valence electrons. The fraction of sp³-hybridized carbons (Fsp3) is 0.0909. The number of halogens is 3. The van der Waals surface area contributed by atoms with Crippen molar-refractivity contribution >= 4 is 30.2 Å². The van der Waals surface area contributed by atoms with Gasteiger partial charge in [0.2, 0.25) is 5.88 Å². The van der Waals surface area contributed by atoms with Crippen molar-refractivity contribution in [3.63, 3.8) is 0 Å². The highest BCUT2D eigenvalue weighted by molar-refractivity contribution is 8.05. The Kier molecular flexibility index (Phi) is 5.46. The maximum atomic E-state index is 12.3. The van der Waals surface area contributed by atoms with Gasteiger partial charge in [-0.3, -0.25) is 0 Å². The van der Waals surface area contributed by atoms with E-state index in [9.17, 15) is 38.4 Å². The quantitative estimate of drug-likeness (QED) is 0.620. The number of alkyl halides is 3. The Morgan fingerprint density at radius 2 is 1.52 bits per heavy atom. The lowest BCUT2D eigenvalue weighted by Gasteiger charge is -2.10. The Hall–Kier alpha value is -2.30. The number of pyridine rings is 2. The maximum Gasteiger partial charge on any atom is 0.512 e. The van der Waals surface area contributed by atoms with Crippen molar-refractivity contribution in [2.45, 2.75) is 15.6 Å². The third kappa shape index (κ3) is 4.90. The third-order valence-electron chi connectivity index (χ3n) is 2.59. The summed E-state index contributed by atoms with van der Waals surface area (Å²) in [5.74, 6) is -0.840. The molecule has 2 heterocycles. The summed E-state index contributed by atoms with van der Waals surface area (Å²) in [6.07, 6.45) is 1.14. The molecule has 0 aliphatic rings. The zero-order valence-corrected chi connectivity index (χ0v) is 15.1. The van der Waals surface area contributed by atoms with Crippen LogP contribution in [0.2, 0.25) is 0 Å². The highest BCUT2D eigenvalue weighted by Crippen LogP contribution is 2.24. The van der Waals surface area contributed by atoms with E-state index >= 15 is 0 Å². The number of sulfonamides is 2. The van der Waals surface area contributed by atoms with E-state index in [2.05, 4.69) is 14.2 Å². The van der Waals surface area contributed by atoms with Crippen LogP contribution in [-0.2, 0) is 30.2 Å². The molecule has 0 amide bonds. The van der Waals surface area contributed by atoms with Crippen molar-refractivity contribution in [2.24, 2.45) is 0 Å². The highest BCUT2D eigenvalue weighted by Gasteiger charge is 2.48. The lowest BCUT2D eigenvalue weighted by Crippen LogP contribution is -2.40. The molecule has 0 aliphatic carbocycles. The fourth-order valence-corrected chi connectivity index (χ4v) is 4.66. The molecule has 0 aromatic carbocycles. The lowest BCUT2D eigenvalue weighted by molar-refractivity contribution is -0.0441. The van der Waals surface area contributed by atoms with Crippen LogP contribution in [0.1, 0.15) is 0 Å². The molecule has 2 aromatic heterocycles. The lowest BCUT2D eigenvalue weighted by atomic mass is 10.5. The van der Waals surface area contributed by atoms with Gasteiger partial charge in [0, 0.05) is 12.3 Å². The Balaban J connectivity index is 2.35. The predicted octanol–water partition coefficient (Wildman–Crippen LogP) is 0.372. The summed E-state index contributed by atoms with van der Waals surface area (Å²) in [6.45, 7) is 0. The van der Waals surface area contributed by atoms with Crippen LogP contribution in [0.25, 0.3) is 0 Å². The van der Waals surface area contributed by atoms with Crippen molar-refractivity contribution < 1.29 is 42.6 Å². The van der Waals surface area contributed by atoms with Gasteiger partial charge in [0.15, 0.2) is 10.1 Å². The molecule has 0 radical (unpaired) electrons. The molecule has 10 nitrogen and oxygen atoms in total. The van der Waals surface area contributed by atoms with Crippen LogP contribution in [0.4, 0.5) is 13.2 Å². The minimum Gasteiger partial charge on any atom is -0.357 e. The number of hydrogen-bond acceptors (Lipinski definition) is 9. The first-order valence-electron chi connectivity index (χ1n) is 6.42. The van der Waals surface area contributed by atoms with Gasteiger partial charge < -0.3 is 4.18 Å². The summed E-state index contributed by atoms with van der Waals surface area (Å²) in [6, 6.07) is 6.20. The first kappa shape index (κ1) is 21.0. The molecule has 27 heavy (non-hydrogen) atoms. The molecular formula is C11H8F3N3O7S3. The normalized spacial score (nSPS) is 13.3. The summed E-state index contributed by atoms with van der Waals surface area (Å²) in [4.78, 5) is 6.73. The van der Waals surface area contributed by atoms with Gasteiger partial charge >= 0.3 is 25.6 Å². The molecule has 0 bridgehead atoms. The summed E-state index contributed by atoms with van der Waals surface area (Å²) in [7, 11) is -16.1. The van der Waals surface area contributed by atoms with Gasteiger partial charge in [-0.05, 0) is 18.2 Å². The van der Waals surface area contributed by atoms with Crippen LogP contribution in [0.3, 0.4) is 0 Å². The third-order valence-corrected chi connectivity index (χ3v) is 6.87. The van der Waals surface area contributed by atoms with Gasteiger partial charge in [-0.1, -0.05) is 16.3 Å². The summed E-state index contributed by atoms with van der Waals surface area (Å²) in [5, 5.41) is -1.76. The van der Waals surface area contributed by atoms with Crippen molar-refractivity contribution in [2.75, 3.05) is 0 Å². The molecule has 0 spiro atoms. The van der Waals surface area contributed by atoms with E-state index in [4.69, 9.17) is 0 Å². The Morgan fingerprint density at radius 1 is 0.889 bits per heavy atom. The minimum atomic E-state index is -6.24. The summed E-state index contributed by atoms with van der Waals surface area (Å²) in [5.41, 5.74) is -5.89. The maximum absolute atomic E-state index is 12.3. The average Bonchev–Trinajstić information content (AvgIpc) is 2.53. The molecule has 0 atom stereocenters. The molecule has 0 unspecified atom stereocenters. The molecule has 0 fully saturated rings. The molecular weight excluding hydrogens is 439 g/mol.